The van der Waals surface area contributed by atoms with Gasteiger partial charge >= 0.3 is 12.1 Å². The lowest BCUT2D eigenvalue weighted by Gasteiger charge is -2.32. The van der Waals surface area contributed by atoms with Gasteiger partial charge in [-0.2, -0.15) is 0 Å². The quantitative estimate of drug-likeness (QED) is 0.315. The molecular weight excluding hydrogens is 564 g/mol. The monoisotopic (exact) mass is 612 g/mol. The second kappa shape index (κ2) is 16.2. The van der Waals surface area contributed by atoms with Gasteiger partial charge in [0.15, 0.2) is 11.5 Å². The van der Waals surface area contributed by atoms with Crippen molar-refractivity contribution in [3.63, 3.8) is 0 Å². The fourth-order valence-corrected chi connectivity index (χ4v) is 4.95. The number of urea groups is 1. The number of amides is 4. The zero-order valence-electron chi connectivity index (χ0n) is 27.1. The standard InChI is InChI=1S/C33H48N4O7/c1-23(2)37(30(38)25-14-15-28(42-7)29(18-25)43-17-11-16-41-6)21-26-20-36(32(40)44-33(3,4)5)22-27(26)35-31(39)34-19-24-12-9-8-10-13-24/h8-10,12-15,18,23,26-27H,11,16-17,19-22H2,1-7H3,(H2,34,35,39). The van der Waals surface area contributed by atoms with E-state index in [1.807, 2.05) is 65.0 Å². The molecule has 2 aromatic carbocycles. The first kappa shape index (κ1) is 34.5. The molecule has 242 valence electrons. The molecular formula is C33H48N4O7. The van der Waals surface area contributed by atoms with E-state index in [1.165, 1.54) is 0 Å². The van der Waals surface area contributed by atoms with Crippen LogP contribution in [0.2, 0.25) is 0 Å². The average molecular weight is 613 g/mol. The van der Waals surface area contributed by atoms with Gasteiger partial charge in [0.1, 0.15) is 5.60 Å². The Morgan fingerprint density at radius 3 is 2.36 bits per heavy atom. The van der Waals surface area contributed by atoms with Gasteiger partial charge in [0.05, 0.1) is 19.8 Å². The third kappa shape index (κ3) is 10.3. The highest BCUT2D eigenvalue weighted by molar-refractivity contribution is 5.95. The van der Waals surface area contributed by atoms with Gasteiger partial charge in [-0.3, -0.25) is 4.79 Å². The van der Waals surface area contributed by atoms with Gasteiger partial charge in [0.25, 0.3) is 5.91 Å². The SMILES string of the molecule is COCCCOc1cc(C(=O)N(CC2CN(C(=O)OC(C)(C)C)CC2NC(=O)NCc2ccccc2)C(C)C)ccc1OC. The molecule has 2 N–H and O–H groups in total. The number of nitrogens with one attached hydrogen (secondary N) is 2. The number of benzene rings is 2. The molecule has 44 heavy (non-hydrogen) atoms. The summed E-state index contributed by atoms with van der Waals surface area (Å²) in [6.45, 7) is 11.6. The largest absolute Gasteiger partial charge is 0.493 e. The summed E-state index contributed by atoms with van der Waals surface area (Å²) in [6, 6.07) is 13.8. The summed E-state index contributed by atoms with van der Waals surface area (Å²) in [4.78, 5) is 43.2. The third-order valence-electron chi connectivity index (χ3n) is 7.18. The van der Waals surface area contributed by atoms with Gasteiger partial charge < -0.3 is 39.4 Å². The van der Waals surface area contributed by atoms with Crippen molar-refractivity contribution in [2.45, 2.75) is 65.3 Å². The molecule has 1 heterocycles. The second-order valence-corrected chi connectivity index (χ2v) is 12.2. The molecule has 0 aliphatic carbocycles. The van der Waals surface area contributed by atoms with E-state index in [2.05, 4.69) is 10.6 Å². The van der Waals surface area contributed by atoms with Crippen molar-refractivity contribution in [2.24, 2.45) is 5.92 Å². The molecule has 4 amide bonds. The van der Waals surface area contributed by atoms with Crippen LogP contribution in [-0.4, -0.2) is 92.6 Å². The molecule has 1 saturated heterocycles. The lowest BCUT2D eigenvalue weighted by molar-refractivity contribution is 0.0283. The Labute approximate surface area is 261 Å². The molecule has 1 fully saturated rings. The maximum Gasteiger partial charge on any atom is 0.410 e. The Morgan fingerprint density at radius 1 is 1.00 bits per heavy atom. The molecule has 0 spiro atoms. The maximum absolute atomic E-state index is 13.9. The van der Waals surface area contributed by atoms with Crippen molar-refractivity contribution >= 4 is 18.0 Å². The minimum Gasteiger partial charge on any atom is -0.493 e. The molecule has 1 aliphatic heterocycles. The highest BCUT2D eigenvalue weighted by Gasteiger charge is 2.40. The van der Waals surface area contributed by atoms with Gasteiger partial charge in [-0.1, -0.05) is 30.3 Å². The minimum absolute atomic E-state index is 0.154. The van der Waals surface area contributed by atoms with E-state index in [4.69, 9.17) is 18.9 Å². The number of methoxy groups -OCH3 is 2. The topological polar surface area (TPSA) is 119 Å². The first-order valence-electron chi connectivity index (χ1n) is 15.1. The van der Waals surface area contributed by atoms with Gasteiger partial charge in [-0.25, -0.2) is 9.59 Å². The molecule has 3 rings (SSSR count). The molecule has 0 saturated carbocycles. The van der Waals surface area contributed by atoms with Crippen LogP contribution in [0.25, 0.3) is 0 Å². The Balaban J connectivity index is 1.78. The molecule has 2 unspecified atom stereocenters. The van der Waals surface area contributed by atoms with Crippen molar-refractivity contribution < 1.29 is 33.3 Å². The van der Waals surface area contributed by atoms with Crippen molar-refractivity contribution in [1.82, 2.24) is 20.4 Å². The lowest BCUT2D eigenvalue weighted by atomic mass is 10.0. The van der Waals surface area contributed by atoms with Gasteiger partial charge in [-0.05, 0) is 58.4 Å². The van der Waals surface area contributed by atoms with E-state index in [0.29, 0.717) is 56.3 Å². The molecule has 0 radical (unpaired) electrons. The van der Waals surface area contributed by atoms with E-state index in [0.717, 1.165) is 5.56 Å². The van der Waals surface area contributed by atoms with Crippen molar-refractivity contribution in [3.8, 4) is 11.5 Å². The summed E-state index contributed by atoms with van der Waals surface area (Å²) in [5, 5.41) is 5.94. The van der Waals surface area contributed by atoms with E-state index in [-0.39, 0.29) is 30.4 Å². The molecule has 11 heteroatoms. The zero-order valence-corrected chi connectivity index (χ0v) is 27.1. The van der Waals surface area contributed by atoms with Crippen LogP contribution in [0.15, 0.2) is 48.5 Å². The van der Waals surface area contributed by atoms with Crippen molar-refractivity contribution in [2.75, 3.05) is 47.1 Å². The fraction of sp³-hybridized carbons (Fsp3) is 0.545. The van der Waals surface area contributed by atoms with Crippen LogP contribution in [0, 0.1) is 5.92 Å². The van der Waals surface area contributed by atoms with Crippen LogP contribution in [0.5, 0.6) is 11.5 Å². The summed E-state index contributed by atoms with van der Waals surface area (Å²) in [5.74, 6) is 0.584. The first-order chi connectivity index (χ1) is 20.9. The number of likely N-dealkylation sites (tertiary alicyclic amines) is 1. The van der Waals surface area contributed by atoms with Crippen LogP contribution >= 0.6 is 0 Å². The average Bonchev–Trinajstić information content (AvgIpc) is 3.38. The van der Waals surface area contributed by atoms with Crippen LogP contribution in [-0.2, 0) is 16.0 Å². The highest BCUT2D eigenvalue weighted by atomic mass is 16.6. The number of hydrogen-bond donors (Lipinski definition) is 2. The Kier molecular flexibility index (Phi) is 12.7. The molecule has 0 aromatic heterocycles. The number of carbonyl (C=O) groups is 3. The number of nitrogens with zero attached hydrogens (tertiary/aromatic N) is 2. The summed E-state index contributed by atoms with van der Waals surface area (Å²) in [5.41, 5.74) is 0.760. The molecule has 0 bridgehead atoms. The smallest absolute Gasteiger partial charge is 0.410 e. The van der Waals surface area contributed by atoms with Crippen LogP contribution in [0.4, 0.5) is 9.59 Å². The molecule has 11 nitrogen and oxygen atoms in total. The number of rotatable bonds is 13. The summed E-state index contributed by atoms with van der Waals surface area (Å²) in [6.07, 6.45) is 0.239. The Bertz CT molecular complexity index is 1230. The predicted molar refractivity (Wildman–Crippen MR) is 168 cm³/mol. The minimum atomic E-state index is -0.664. The first-order valence-corrected chi connectivity index (χ1v) is 15.1. The third-order valence-corrected chi connectivity index (χ3v) is 7.18. The molecule has 2 atom stereocenters. The number of ether oxygens (including phenoxy) is 4. The predicted octanol–water partition coefficient (Wildman–Crippen LogP) is 4.70. The second-order valence-electron chi connectivity index (χ2n) is 12.2. The summed E-state index contributed by atoms with van der Waals surface area (Å²) >= 11 is 0. The molecule has 2 aromatic rings. The highest BCUT2D eigenvalue weighted by Crippen LogP contribution is 2.30. The van der Waals surface area contributed by atoms with Crippen LogP contribution < -0.4 is 20.1 Å². The Hall–Kier alpha value is -3.99. The van der Waals surface area contributed by atoms with Gasteiger partial charge in [0, 0.05) is 63.8 Å². The van der Waals surface area contributed by atoms with E-state index in [9.17, 15) is 14.4 Å². The zero-order chi connectivity index (χ0) is 32.3. The maximum atomic E-state index is 13.9. The van der Waals surface area contributed by atoms with E-state index >= 15 is 0 Å². The number of carbonyl (C=O) groups excluding carboxylic acids is 3. The van der Waals surface area contributed by atoms with Crippen molar-refractivity contribution in [1.29, 1.82) is 0 Å². The van der Waals surface area contributed by atoms with Crippen LogP contribution in [0.3, 0.4) is 0 Å². The number of hydrogen-bond acceptors (Lipinski definition) is 7. The summed E-state index contributed by atoms with van der Waals surface area (Å²) in [7, 11) is 3.19. The van der Waals surface area contributed by atoms with Crippen molar-refractivity contribution in [3.05, 3.63) is 59.7 Å². The lowest BCUT2D eigenvalue weighted by Crippen LogP contribution is -2.49. The van der Waals surface area contributed by atoms with Gasteiger partial charge in [0.2, 0.25) is 0 Å². The summed E-state index contributed by atoms with van der Waals surface area (Å²) < 4.78 is 22.1. The van der Waals surface area contributed by atoms with Crippen LogP contribution in [0.1, 0.15) is 57.0 Å². The normalized spacial score (nSPS) is 16.4. The molecule has 1 aliphatic rings. The van der Waals surface area contributed by atoms with E-state index in [1.54, 1.807) is 42.2 Å². The van der Waals surface area contributed by atoms with E-state index < -0.39 is 17.7 Å². The van der Waals surface area contributed by atoms with Gasteiger partial charge in [-0.15, -0.1) is 0 Å². The fourth-order valence-electron chi connectivity index (χ4n) is 4.95. The Morgan fingerprint density at radius 2 is 1.73 bits per heavy atom.